The highest BCUT2D eigenvalue weighted by atomic mass is 32.1. The lowest BCUT2D eigenvalue weighted by Gasteiger charge is -2.18. The first-order valence-corrected chi connectivity index (χ1v) is 7.66. The molecule has 0 unspecified atom stereocenters. The average molecular weight is 352 g/mol. The second-order valence-electron chi connectivity index (χ2n) is 5.44. The Morgan fingerprint density at radius 3 is 2.71 bits per heavy atom. The first-order chi connectivity index (χ1) is 11.3. The van der Waals surface area contributed by atoms with Crippen LogP contribution in [-0.2, 0) is 9.57 Å². The van der Waals surface area contributed by atoms with Gasteiger partial charge in [-0.3, -0.25) is 10.1 Å². The molecule has 11 heteroatoms. The Hall–Kier alpha value is -2.82. The quantitative estimate of drug-likeness (QED) is 0.657. The normalized spacial score (nSPS) is 11.9. The van der Waals surface area contributed by atoms with E-state index in [0.717, 1.165) is 16.0 Å². The van der Waals surface area contributed by atoms with Crippen molar-refractivity contribution < 1.29 is 19.2 Å². The van der Waals surface area contributed by atoms with Crippen molar-refractivity contribution in [3.63, 3.8) is 0 Å². The summed E-state index contributed by atoms with van der Waals surface area (Å²) in [5.41, 5.74) is -0.472. The van der Waals surface area contributed by atoms with Gasteiger partial charge in [-0.15, -0.1) is 16.4 Å². The molecular weight excluding hydrogens is 336 g/mol. The lowest BCUT2D eigenvalue weighted by atomic mass is 10.2. The van der Waals surface area contributed by atoms with Gasteiger partial charge in [0.2, 0.25) is 0 Å². The number of carbonyl (C=O) groups is 2. The Morgan fingerprint density at radius 2 is 2.12 bits per heavy atom. The summed E-state index contributed by atoms with van der Waals surface area (Å²) in [6.07, 6.45) is 2.09. The minimum Gasteiger partial charge on any atom is -0.444 e. The highest BCUT2D eigenvalue weighted by molar-refractivity contribution is 7.14. The van der Waals surface area contributed by atoms with Crippen LogP contribution in [0.1, 0.15) is 31.3 Å². The molecule has 0 saturated carbocycles. The third-order valence-electron chi connectivity index (χ3n) is 2.37. The number of oxime groups is 1. The second kappa shape index (κ2) is 7.17. The van der Waals surface area contributed by atoms with Gasteiger partial charge in [0.1, 0.15) is 18.4 Å². The predicted octanol–water partition coefficient (Wildman–Crippen LogP) is 1.77. The lowest BCUT2D eigenvalue weighted by Crippen LogP contribution is -2.27. The number of carbonyl (C=O) groups excluding carboxylic acids is 2. The number of nitrogens with zero attached hydrogens (tertiary/aromatic N) is 5. The summed E-state index contributed by atoms with van der Waals surface area (Å²) < 4.78 is 6.14. The molecule has 1 amide bonds. The zero-order valence-electron chi connectivity index (χ0n) is 13.5. The fourth-order valence-electron chi connectivity index (χ4n) is 1.54. The van der Waals surface area contributed by atoms with Gasteiger partial charge in [-0.25, -0.2) is 9.78 Å². The van der Waals surface area contributed by atoms with Crippen LogP contribution in [-0.4, -0.2) is 50.4 Å². The molecule has 128 valence electrons. The Kier molecular flexibility index (Phi) is 5.24. The topological polar surface area (TPSA) is 121 Å². The van der Waals surface area contributed by atoms with Crippen LogP contribution >= 0.6 is 11.3 Å². The van der Waals surface area contributed by atoms with Crippen molar-refractivity contribution in [2.24, 2.45) is 5.16 Å². The van der Waals surface area contributed by atoms with Gasteiger partial charge in [0.25, 0.3) is 0 Å². The van der Waals surface area contributed by atoms with E-state index in [0.29, 0.717) is 0 Å². The summed E-state index contributed by atoms with van der Waals surface area (Å²) in [6, 6.07) is 0. The molecule has 2 aromatic heterocycles. The Morgan fingerprint density at radius 1 is 1.38 bits per heavy atom. The van der Waals surface area contributed by atoms with E-state index in [-0.39, 0.29) is 16.5 Å². The van der Waals surface area contributed by atoms with E-state index in [2.05, 4.69) is 25.8 Å². The molecule has 0 spiro atoms. The molecule has 0 aliphatic rings. The standard InChI is InChI=1S/C13H16N6O4S/c1-13(2,3)23-12(21)16-11-15-8(7-24-11)9(17-22-4)10(20)19-6-5-14-18-19/h5-7H,1-4H3,(H,15,16,21)/b17-9-. The molecule has 0 fully saturated rings. The SMILES string of the molecule is CO/N=C(\C(=O)n1ccnn1)c1csc(NC(=O)OC(C)(C)C)n1. The summed E-state index contributed by atoms with van der Waals surface area (Å²) in [5.74, 6) is -0.566. The maximum Gasteiger partial charge on any atom is 0.413 e. The number of anilines is 1. The average Bonchev–Trinajstić information content (AvgIpc) is 3.13. The van der Waals surface area contributed by atoms with Crippen molar-refractivity contribution in [1.29, 1.82) is 0 Å². The number of amides is 1. The Balaban J connectivity index is 2.16. The van der Waals surface area contributed by atoms with Crippen LogP contribution in [0.2, 0.25) is 0 Å². The zero-order valence-corrected chi connectivity index (χ0v) is 14.3. The Bertz CT molecular complexity index is 747. The molecular formula is C13H16N6O4S. The minimum atomic E-state index is -0.642. The number of hydrogen-bond acceptors (Lipinski definition) is 9. The molecule has 0 aromatic carbocycles. The number of rotatable bonds is 4. The van der Waals surface area contributed by atoms with Crippen LogP contribution in [0.25, 0.3) is 0 Å². The molecule has 0 aliphatic heterocycles. The van der Waals surface area contributed by atoms with Gasteiger partial charge in [0.15, 0.2) is 10.8 Å². The third-order valence-corrected chi connectivity index (χ3v) is 3.13. The molecule has 2 heterocycles. The first kappa shape index (κ1) is 17.5. The van der Waals surface area contributed by atoms with Crippen LogP contribution in [0.15, 0.2) is 22.9 Å². The van der Waals surface area contributed by atoms with Crippen molar-refractivity contribution in [1.82, 2.24) is 20.0 Å². The molecule has 1 N–H and O–H groups in total. The molecule has 2 rings (SSSR count). The second-order valence-corrected chi connectivity index (χ2v) is 6.30. The third kappa shape index (κ3) is 4.59. The predicted molar refractivity (Wildman–Crippen MR) is 86.2 cm³/mol. The van der Waals surface area contributed by atoms with E-state index in [4.69, 9.17) is 9.57 Å². The highest BCUT2D eigenvalue weighted by Crippen LogP contribution is 2.18. The van der Waals surface area contributed by atoms with Crippen molar-refractivity contribution in [3.8, 4) is 0 Å². The van der Waals surface area contributed by atoms with Gasteiger partial charge in [0, 0.05) is 5.38 Å². The molecule has 10 nitrogen and oxygen atoms in total. The molecule has 24 heavy (non-hydrogen) atoms. The summed E-state index contributed by atoms with van der Waals surface area (Å²) in [6.45, 7) is 5.25. The monoisotopic (exact) mass is 352 g/mol. The van der Waals surface area contributed by atoms with Crippen LogP contribution in [0, 0.1) is 0 Å². The van der Waals surface area contributed by atoms with Crippen LogP contribution < -0.4 is 5.32 Å². The number of hydrogen-bond donors (Lipinski definition) is 1. The molecule has 0 bridgehead atoms. The van der Waals surface area contributed by atoms with Gasteiger partial charge < -0.3 is 9.57 Å². The summed E-state index contributed by atoms with van der Waals surface area (Å²) in [5, 5.41) is 15.2. The molecule has 0 radical (unpaired) electrons. The number of nitrogens with one attached hydrogen (secondary N) is 1. The van der Waals surface area contributed by atoms with Gasteiger partial charge in [-0.2, -0.15) is 4.68 Å². The minimum absolute atomic E-state index is 0.0727. The zero-order chi connectivity index (χ0) is 17.7. The van der Waals surface area contributed by atoms with Crippen molar-refractivity contribution >= 4 is 34.2 Å². The maximum absolute atomic E-state index is 12.3. The Labute approximate surface area is 141 Å². The van der Waals surface area contributed by atoms with E-state index in [1.54, 1.807) is 26.2 Å². The number of thiazole rings is 1. The smallest absolute Gasteiger partial charge is 0.413 e. The van der Waals surface area contributed by atoms with Crippen LogP contribution in [0.4, 0.5) is 9.93 Å². The number of aromatic nitrogens is 4. The van der Waals surface area contributed by atoms with Gasteiger partial charge in [-0.05, 0) is 20.8 Å². The molecule has 2 aromatic rings. The van der Waals surface area contributed by atoms with Gasteiger partial charge in [0.05, 0.1) is 12.4 Å². The fraction of sp³-hybridized carbons (Fsp3) is 0.385. The molecule has 0 atom stereocenters. The molecule has 0 saturated heterocycles. The molecule has 0 aliphatic carbocycles. The first-order valence-electron chi connectivity index (χ1n) is 6.78. The summed E-state index contributed by atoms with van der Waals surface area (Å²) >= 11 is 1.12. The lowest BCUT2D eigenvalue weighted by molar-refractivity contribution is 0.0635. The van der Waals surface area contributed by atoms with Crippen molar-refractivity contribution in [2.75, 3.05) is 12.4 Å². The van der Waals surface area contributed by atoms with E-state index in [1.807, 2.05) is 0 Å². The maximum atomic E-state index is 12.3. The number of ether oxygens (including phenoxy) is 1. The largest absolute Gasteiger partial charge is 0.444 e. The van der Waals surface area contributed by atoms with Crippen LogP contribution in [0.5, 0.6) is 0 Å². The van der Waals surface area contributed by atoms with E-state index < -0.39 is 17.6 Å². The van der Waals surface area contributed by atoms with Gasteiger partial charge >= 0.3 is 12.0 Å². The van der Waals surface area contributed by atoms with Crippen LogP contribution in [0.3, 0.4) is 0 Å². The van der Waals surface area contributed by atoms with E-state index in [9.17, 15) is 9.59 Å². The van der Waals surface area contributed by atoms with Crippen molar-refractivity contribution in [2.45, 2.75) is 26.4 Å². The van der Waals surface area contributed by atoms with E-state index in [1.165, 1.54) is 19.5 Å². The fourth-order valence-corrected chi connectivity index (χ4v) is 2.22. The summed E-state index contributed by atoms with van der Waals surface area (Å²) in [4.78, 5) is 32.9. The summed E-state index contributed by atoms with van der Waals surface area (Å²) in [7, 11) is 1.31. The van der Waals surface area contributed by atoms with E-state index >= 15 is 0 Å². The van der Waals surface area contributed by atoms with Gasteiger partial charge in [-0.1, -0.05) is 10.4 Å². The van der Waals surface area contributed by atoms with Crippen molar-refractivity contribution in [3.05, 3.63) is 23.5 Å². The highest BCUT2D eigenvalue weighted by Gasteiger charge is 2.22.